The number of halogens is 1. The van der Waals surface area contributed by atoms with Crippen molar-refractivity contribution >= 4 is 34.6 Å². The van der Waals surface area contributed by atoms with Crippen LogP contribution in [0.2, 0.25) is 5.02 Å². The van der Waals surface area contributed by atoms with E-state index in [1.54, 1.807) is 12.0 Å². The lowest BCUT2D eigenvalue weighted by atomic mass is 9.96. The quantitative estimate of drug-likeness (QED) is 0.488. The maximum atomic E-state index is 12.0. The van der Waals surface area contributed by atoms with Crippen LogP contribution in [0.25, 0.3) is 11.1 Å². The van der Waals surface area contributed by atoms with Crippen molar-refractivity contribution in [2.24, 2.45) is 0 Å². The fraction of sp³-hybridized carbons (Fsp3) is 0.500. The predicted molar refractivity (Wildman–Crippen MR) is 138 cm³/mol. The van der Waals surface area contributed by atoms with Gasteiger partial charge >= 0.3 is 6.09 Å². The highest BCUT2D eigenvalue weighted by Gasteiger charge is 2.25. The van der Waals surface area contributed by atoms with Crippen molar-refractivity contribution in [1.29, 1.82) is 0 Å². The fourth-order valence-corrected chi connectivity index (χ4v) is 5.19. The van der Waals surface area contributed by atoms with Crippen molar-refractivity contribution < 1.29 is 18.7 Å². The minimum absolute atomic E-state index is 0.249. The maximum Gasteiger partial charge on any atom is 0.409 e. The number of piperazine rings is 1. The van der Waals surface area contributed by atoms with Gasteiger partial charge in [-0.15, -0.1) is 0 Å². The number of carbonyl (C=O) groups excluding carboxylic acids is 1. The number of aryl methyl sites for hydroxylation is 2. The minimum Gasteiger partial charge on any atom is -0.495 e. The molecule has 2 aromatic heterocycles. The zero-order valence-corrected chi connectivity index (χ0v) is 21.6. The molecule has 1 saturated heterocycles. The van der Waals surface area contributed by atoms with Gasteiger partial charge in [0.25, 0.3) is 0 Å². The molecule has 3 aromatic rings. The number of nitrogens with zero attached hydrogens (tertiary/aromatic N) is 4. The van der Waals surface area contributed by atoms with Gasteiger partial charge in [0.1, 0.15) is 23.2 Å². The van der Waals surface area contributed by atoms with E-state index < -0.39 is 0 Å². The normalized spacial score (nSPS) is 16.1. The van der Waals surface area contributed by atoms with Crippen molar-refractivity contribution in [1.82, 2.24) is 19.8 Å². The Morgan fingerprint density at radius 1 is 1.17 bits per heavy atom. The van der Waals surface area contributed by atoms with E-state index in [-0.39, 0.29) is 6.09 Å². The molecule has 36 heavy (non-hydrogen) atoms. The average Bonchev–Trinajstić information content (AvgIpc) is 3.26. The number of nitrogens with one attached hydrogen (secondary N) is 1. The number of methoxy groups -OCH3 is 1. The molecule has 9 nitrogen and oxygen atoms in total. The summed E-state index contributed by atoms with van der Waals surface area (Å²) in [6, 6.07) is 5.77. The molecule has 0 unspecified atom stereocenters. The van der Waals surface area contributed by atoms with E-state index in [1.165, 1.54) is 5.56 Å². The summed E-state index contributed by atoms with van der Waals surface area (Å²) in [7, 11) is 1.61. The number of furan rings is 1. The number of hydrogen-bond donors (Lipinski definition) is 1. The summed E-state index contributed by atoms with van der Waals surface area (Å²) >= 11 is 6.33. The zero-order chi connectivity index (χ0) is 25.1. The number of rotatable bonds is 7. The predicted octanol–water partition coefficient (Wildman–Crippen LogP) is 4.65. The van der Waals surface area contributed by atoms with Crippen LogP contribution in [0, 0.1) is 0 Å². The summed E-state index contributed by atoms with van der Waals surface area (Å²) in [5.41, 5.74) is 2.90. The largest absolute Gasteiger partial charge is 0.495 e. The molecule has 2 aliphatic rings. The van der Waals surface area contributed by atoms with Gasteiger partial charge in [-0.05, 0) is 43.9 Å². The summed E-state index contributed by atoms with van der Waals surface area (Å²) in [5.74, 6) is 3.17. The molecule has 5 rings (SSSR count). The molecule has 1 aromatic carbocycles. The molecule has 1 N–H and O–H groups in total. The van der Waals surface area contributed by atoms with Crippen LogP contribution in [-0.4, -0.2) is 65.8 Å². The zero-order valence-electron chi connectivity index (χ0n) is 20.8. The molecule has 0 radical (unpaired) electrons. The van der Waals surface area contributed by atoms with E-state index >= 15 is 0 Å². The SMILES string of the molecule is CCOC(=O)N1CCN(Cc2nc(NCc3ccc(OC)c(Cl)c3)c3c4c(oc3n2)CCCC4)CC1. The van der Waals surface area contributed by atoms with Crippen molar-refractivity contribution in [3.8, 4) is 5.75 Å². The summed E-state index contributed by atoms with van der Waals surface area (Å²) in [6.07, 6.45) is 3.93. The molecule has 192 valence electrons. The van der Waals surface area contributed by atoms with Crippen LogP contribution < -0.4 is 10.1 Å². The van der Waals surface area contributed by atoms with Gasteiger partial charge in [-0.1, -0.05) is 17.7 Å². The van der Waals surface area contributed by atoms with Gasteiger partial charge in [-0.25, -0.2) is 9.78 Å². The highest BCUT2D eigenvalue weighted by molar-refractivity contribution is 6.32. The average molecular weight is 514 g/mol. The second kappa shape index (κ2) is 10.9. The summed E-state index contributed by atoms with van der Waals surface area (Å²) in [4.78, 5) is 25.8. The Hall–Kier alpha value is -3.04. The van der Waals surface area contributed by atoms with E-state index in [0.29, 0.717) is 55.1 Å². The van der Waals surface area contributed by atoms with Crippen molar-refractivity contribution in [3.63, 3.8) is 0 Å². The minimum atomic E-state index is -0.249. The van der Waals surface area contributed by atoms with Crippen LogP contribution in [0.4, 0.5) is 10.6 Å². The Labute approximate surface area is 215 Å². The number of benzene rings is 1. The topological polar surface area (TPSA) is 93.0 Å². The Morgan fingerprint density at radius 3 is 2.72 bits per heavy atom. The number of hydrogen-bond acceptors (Lipinski definition) is 8. The molecule has 0 atom stereocenters. The lowest BCUT2D eigenvalue weighted by Crippen LogP contribution is -2.48. The molecular weight excluding hydrogens is 482 g/mol. The van der Waals surface area contributed by atoms with E-state index in [0.717, 1.165) is 61.3 Å². The summed E-state index contributed by atoms with van der Waals surface area (Å²) in [5, 5.41) is 5.08. The highest BCUT2D eigenvalue weighted by atomic mass is 35.5. The van der Waals surface area contributed by atoms with Gasteiger partial charge in [0, 0.05) is 44.7 Å². The summed E-state index contributed by atoms with van der Waals surface area (Å²) < 4.78 is 16.6. The van der Waals surface area contributed by atoms with Gasteiger partial charge in [0.05, 0.1) is 30.7 Å². The van der Waals surface area contributed by atoms with Gasteiger partial charge in [-0.3, -0.25) is 4.90 Å². The lowest BCUT2D eigenvalue weighted by molar-refractivity contribution is 0.0772. The van der Waals surface area contributed by atoms with Gasteiger partial charge in [0.15, 0.2) is 0 Å². The molecule has 1 amide bonds. The molecule has 0 saturated carbocycles. The third kappa shape index (κ3) is 5.22. The molecule has 1 fully saturated rings. The Kier molecular flexibility index (Phi) is 7.48. The van der Waals surface area contributed by atoms with E-state index in [4.69, 9.17) is 35.5 Å². The smallest absolute Gasteiger partial charge is 0.409 e. The number of anilines is 1. The highest BCUT2D eigenvalue weighted by Crippen LogP contribution is 2.35. The number of fused-ring (bicyclic) bond motifs is 3. The Bertz CT molecular complexity index is 1240. The van der Waals surface area contributed by atoms with Crippen molar-refractivity contribution in [2.45, 2.75) is 45.7 Å². The lowest BCUT2D eigenvalue weighted by Gasteiger charge is -2.33. The molecule has 10 heteroatoms. The van der Waals surface area contributed by atoms with Crippen LogP contribution in [-0.2, 0) is 30.7 Å². The molecular formula is C26H32ClN5O4. The second-order valence-corrected chi connectivity index (χ2v) is 9.57. The first-order valence-corrected chi connectivity index (χ1v) is 12.9. The molecule has 0 bridgehead atoms. The van der Waals surface area contributed by atoms with Crippen LogP contribution in [0.1, 0.15) is 42.5 Å². The molecule has 1 aliphatic carbocycles. The third-order valence-electron chi connectivity index (χ3n) is 6.80. The first-order chi connectivity index (χ1) is 17.6. The van der Waals surface area contributed by atoms with Crippen molar-refractivity contribution in [3.05, 3.63) is 45.9 Å². The van der Waals surface area contributed by atoms with Gasteiger partial charge in [0.2, 0.25) is 5.71 Å². The first kappa shape index (κ1) is 24.6. The van der Waals surface area contributed by atoms with Gasteiger partial charge in [-0.2, -0.15) is 4.98 Å². The van der Waals surface area contributed by atoms with E-state index in [1.807, 2.05) is 25.1 Å². The molecule has 1 aliphatic heterocycles. The van der Waals surface area contributed by atoms with Gasteiger partial charge < -0.3 is 24.1 Å². The Morgan fingerprint density at radius 2 is 1.97 bits per heavy atom. The number of carbonyl (C=O) groups is 1. The van der Waals surface area contributed by atoms with E-state index in [9.17, 15) is 4.79 Å². The molecule has 0 spiro atoms. The van der Waals surface area contributed by atoms with Crippen LogP contribution in [0.15, 0.2) is 22.6 Å². The third-order valence-corrected chi connectivity index (χ3v) is 7.10. The van der Waals surface area contributed by atoms with Crippen LogP contribution in [0.3, 0.4) is 0 Å². The first-order valence-electron chi connectivity index (χ1n) is 12.6. The number of amides is 1. The Balaban J connectivity index is 1.36. The van der Waals surface area contributed by atoms with Crippen LogP contribution >= 0.6 is 11.6 Å². The monoisotopic (exact) mass is 513 g/mol. The second-order valence-electron chi connectivity index (χ2n) is 9.16. The van der Waals surface area contributed by atoms with Crippen molar-refractivity contribution in [2.75, 3.05) is 45.2 Å². The maximum absolute atomic E-state index is 12.0. The standard InChI is InChI=1S/C26H32ClN5O4/c1-3-35-26(33)32-12-10-31(11-13-32)16-22-29-24(28-15-17-8-9-21(34-2)19(27)14-17)23-18-6-4-5-7-20(18)36-25(23)30-22/h8-9,14H,3-7,10-13,15-16H2,1-2H3,(H,28,29,30). The van der Waals surface area contributed by atoms with Crippen LogP contribution in [0.5, 0.6) is 5.75 Å². The number of ether oxygens (including phenoxy) is 2. The fourth-order valence-electron chi connectivity index (χ4n) is 4.91. The molecule has 3 heterocycles. The summed E-state index contributed by atoms with van der Waals surface area (Å²) in [6.45, 7) is 6.08. The van der Waals surface area contributed by atoms with E-state index in [2.05, 4.69) is 10.2 Å². The number of aromatic nitrogens is 2.